The van der Waals surface area contributed by atoms with Gasteiger partial charge in [-0.15, -0.1) is 0 Å². The summed E-state index contributed by atoms with van der Waals surface area (Å²) in [4.78, 5) is 0. The SMILES string of the molecule is COc1c(Cl)cc(CCCC(C)N)cc1Cl. The van der Waals surface area contributed by atoms with E-state index in [-0.39, 0.29) is 6.04 Å². The minimum atomic E-state index is 0.240. The van der Waals surface area contributed by atoms with Gasteiger partial charge in [-0.25, -0.2) is 0 Å². The predicted octanol–water partition coefficient (Wildman–Crippen LogP) is 3.67. The molecular weight excluding hydrogens is 245 g/mol. The lowest BCUT2D eigenvalue weighted by Crippen LogP contribution is -2.14. The van der Waals surface area contributed by atoms with Crippen molar-refractivity contribution in [3.05, 3.63) is 27.7 Å². The Kier molecular flexibility index (Phi) is 5.39. The Morgan fingerprint density at radius 2 is 1.88 bits per heavy atom. The van der Waals surface area contributed by atoms with Crippen LogP contribution in [0.5, 0.6) is 5.75 Å². The fourth-order valence-electron chi connectivity index (χ4n) is 1.58. The number of hydrogen-bond acceptors (Lipinski definition) is 2. The van der Waals surface area contributed by atoms with Gasteiger partial charge in [0.15, 0.2) is 5.75 Å². The maximum Gasteiger partial charge on any atom is 0.156 e. The largest absolute Gasteiger partial charge is 0.494 e. The molecule has 1 aromatic carbocycles. The number of hydrogen-bond donors (Lipinski definition) is 1. The first kappa shape index (κ1) is 13.6. The molecule has 90 valence electrons. The van der Waals surface area contributed by atoms with Crippen LogP contribution in [0.25, 0.3) is 0 Å². The smallest absolute Gasteiger partial charge is 0.156 e. The zero-order valence-electron chi connectivity index (χ0n) is 9.59. The molecule has 16 heavy (non-hydrogen) atoms. The Labute approximate surface area is 107 Å². The van der Waals surface area contributed by atoms with Crippen molar-refractivity contribution in [2.24, 2.45) is 5.73 Å². The highest BCUT2D eigenvalue weighted by molar-refractivity contribution is 6.37. The number of nitrogens with two attached hydrogens (primary N) is 1. The Bertz CT molecular complexity index is 330. The number of rotatable bonds is 5. The first-order chi connectivity index (χ1) is 7.54. The fourth-order valence-corrected chi connectivity index (χ4v) is 2.27. The topological polar surface area (TPSA) is 35.2 Å². The molecule has 0 aromatic heterocycles. The van der Waals surface area contributed by atoms with Gasteiger partial charge in [0.05, 0.1) is 17.2 Å². The Hall–Kier alpha value is -0.440. The minimum Gasteiger partial charge on any atom is -0.494 e. The van der Waals surface area contributed by atoms with Crippen LogP contribution in [-0.4, -0.2) is 13.2 Å². The van der Waals surface area contributed by atoms with Crippen LogP contribution >= 0.6 is 23.2 Å². The summed E-state index contributed by atoms with van der Waals surface area (Å²) in [5.41, 5.74) is 6.81. The summed E-state index contributed by atoms with van der Waals surface area (Å²) >= 11 is 12.1. The number of methoxy groups -OCH3 is 1. The average molecular weight is 262 g/mol. The van der Waals surface area contributed by atoms with Crippen molar-refractivity contribution >= 4 is 23.2 Å². The van der Waals surface area contributed by atoms with Gasteiger partial charge in [-0.05, 0) is 43.9 Å². The van der Waals surface area contributed by atoms with Crippen molar-refractivity contribution in [1.29, 1.82) is 0 Å². The molecular formula is C12H17Cl2NO. The molecule has 0 amide bonds. The van der Waals surface area contributed by atoms with Gasteiger partial charge in [0.2, 0.25) is 0 Å². The Balaban J connectivity index is 2.68. The third kappa shape index (κ3) is 3.85. The van der Waals surface area contributed by atoms with E-state index in [9.17, 15) is 0 Å². The molecule has 0 aliphatic heterocycles. The summed E-state index contributed by atoms with van der Waals surface area (Å²) in [5, 5.41) is 1.12. The lowest BCUT2D eigenvalue weighted by Gasteiger charge is -2.09. The summed E-state index contributed by atoms with van der Waals surface area (Å²) in [6.45, 7) is 2.01. The summed E-state index contributed by atoms with van der Waals surface area (Å²) < 4.78 is 5.09. The summed E-state index contributed by atoms with van der Waals surface area (Å²) in [5.74, 6) is 0.541. The van der Waals surface area contributed by atoms with Crippen LogP contribution in [0.4, 0.5) is 0 Å². The monoisotopic (exact) mass is 261 g/mol. The van der Waals surface area contributed by atoms with Crippen LogP contribution in [0.3, 0.4) is 0 Å². The van der Waals surface area contributed by atoms with E-state index in [1.165, 1.54) is 0 Å². The normalized spacial score (nSPS) is 12.6. The molecule has 0 aliphatic rings. The first-order valence-corrected chi connectivity index (χ1v) is 6.07. The lowest BCUT2D eigenvalue weighted by molar-refractivity contribution is 0.415. The van der Waals surface area contributed by atoms with Gasteiger partial charge in [-0.3, -0.25) is 0 Å². The van der Waals surface area contributed by atoms with Crippen LogP contribution in [0.2, 0.25) is 10.0 Å². The van der Waals surface area contributed by atoms with Crippen molar-refractivity contribution in [1.82, 2.24) is 0 Å². The second kappa shape index (κ2) is 6.33. The first-order valence-electron chi connectivity index (χ1n) is 5.32. The van der Waals surface area contributed by atoms with Gasteiger partial charge < -0.3 is 10.5 Å². The van der Waals surface area contributed by atoms with Gasteiger partial charge in [-0.1, -0.05) is 23.2 Å². The van der Waals surface area contributed by atoms with Gasteiger partial charge in [-0.2, -0.15) is 0 Å². The number of halogens is 2. The Morgan fingerprint density at radius 1 is 1.31 bits per heavy atom. The highest BCUT2D eigenvalue weighted by Crippen LogP contribution is 2.34. The zero-order chi connectivity index (χ0) is 12.1. The van der Waals surface area contributed by atoms with Crippen LogP contribution in [0.1, 0.15) is 25.3 Å². The van der Waals surface area contributed by atoms with E-state index in [1.807, 2.05) is 19.1 Å². The third-order valence-electron chi connectivity index (χ3n) is 2.39. The van der Waals surface area contributed by atoms with Gasteiger partial charge in [0.1, 0.15) is 0 Å². The zero-order valence-corrected chi connectivity index (χ0v) is 11.1. The van der Waals surface area contributed by atoms with Crippen molar-refractivity contribution in [2.45, 2.75) is 32.2 Å². The molecule has 0 fully saturated rings. The summed E-state index contributed by atoms with van der Waals surface area (Å²) in [6, 6.07) is 4.03. The number of ether oxygens (including phenoxy) is 1. The quantitative estimate of drug-likeness (QED) is 0.878. The molecule has 1 atom stereocenters. The average Bonchev–Trinajstić information content (AvgIpc) is 2.16. The molecule has 1 rings (SSSR count). The van der Waals surface area contributed by atoms with E-state index in [4.69, 9.17) is 33.7 Å². The molecule has 0 aliphatic carbocycles. The molecule has 0 radical (unpaired) electrons. The molecule has 0 spiro atoms. The second-order valence-electron chi connectivity index (χ2n) is 3.96. The molecule has 0 saturated carbocycles. The van der Waals surface area contributed by atoms with E-state index >= 15 is 0 Å². The molecule has 1 unspecified atom stereocenters. The molecule has 4 heteroatoms. The van der Waals surface area contributed by atoms with Crippen LogP contribution < -0.4 is 10.5 Å². The third-order valence-corrected chi connectivity index (χ3v) is 2.95. The number of benzene rings is 1. The molecule has 2 N–H and O–H groups in total. The van der Waals surface area contributed by atoms with E-state index in [1.54, 1.807) is 7.11 Å². The van der Waals surface area contributed by atoms with Gasteiger partial charge in [0, 0.05) is 6.04 Å². The predicted molar refractivity (Wildman–Crippen MR) is 69.6 cm³/mol. The molecule has 0 bridgehead atoms. The summed E-state index contributed by atoms with van der Waals surface area (Å²) in [6.07, 6.45) is 2.98. The van der Waals surface area contributed by atoms with Crippen molar-refractivity contribution in [3.63, 3.8) is 0 Å². The Morgan fingerprint density at radius 3 is 2.31 bits per heavy atom. The standard InChI is InChI=1S/C12H17Cl2NO/c1-8(15)4-3-5-9-6-10(13)12(16-2)11(14)7-9/h6-8H,3-5,15H2,1-2H3. The van der Waals surface area contributed by atoms with Crippen molar-refractivity contribution < 1.29 is 4.74 Å². The van der Waals surface area contributed by atoms with Gasteiger partial charge >= 0.3 is 0 Å². The van der Waals surface area contributed by atoms with Crippen molar-refractivity contribution in [3.8, 4) is 5.75 Å². The van der Waals surface area contributed by atoms with E-state index in [2.05, 4.69) is 0 Å². The lowest BCUT2D eigenvalue weighted by atomic mass is 10.1. The minimum absolute atomic E-state index is 0.240. The van der Waals surface area contributed by atoms with Gasteiger partial charge in [0.25, 0.3) is 0 Å². The van der Waals surface area contributed by atoms with E-state index in [0.29, 0.717) is 15.8 Å². The molecule has 0 heterocycles. The van der Waals surface area contributed by atoms with Crippen molar-refractivity contribution in [2.75, 3.05) is 7.11 Å². The highest BCUT2D eigenvalue weighted by atomic mass is 35.5. The molecule has 1 aromatic rings. The summed E-state index contributed by atoms with van der Waals surface area (Å²) in [7, 11) is 1.56. The van der Waals surface area contributed by atoms with E-state index in [0.717, 1.165) is 24.8 Å². The molecule has 2 nitrogen and oxygen atoms in total. The van der Waals surface area contributed by atoms with Crippen LogP contribution in [0, 0.1) is 0 Å². The number of aryl methyl sites for hydroxylation is 1. The van der Waals surface area contributed by atoms with E-state index < -0.39 is 0 Å². The highest BCUT2D eigenvalue weighted by Gasteiger charge is 2.08. The van der Waals surface area contributed by atoms with Crippen LogP contribution in [0.15, 0.2) is 12.1 Å². The fraction of sp³-hybridized carbons (Fsp3) is 0.500. The maximum absolute atomic E-state index is 6.04. The maximum atomic E-state index is 6.04. The molecule has 0 saturated heterocycles. The second-order valence-corrected chi connectivity index (χ2v) is 4.78. The van der Waals surface area contributed by atoms with Crippen LogP contribution in [-0.2, 0) is 6.42 Å².